The Balaban J connectivity index is 2.00. The van der Waals surface area contributed by atoms with Crippen LogP contribution in [0.4, 0.5) is 0 Å². The van der Waals surface area contributed by atoms with E-state index in [4.69, 9.17) is 12.2 Å². The molecular formula is C15H16N4S2. The second-order valence-corrected chi connectivity index (χ2v) is 6.85. The molecular weight excluding hydrogens is 300 g/mol. The molecule has 0 aromatic carbocycles. The number of hydrogen-bond donors (Lipinski definition) is 1. The molecule has 0 spiro atoms. The largest absolute Gasteiger partial charge is 0.298 e. The Morgan fingerprint density at radius 2 is 2.14 bits per heavy atom. The normalized spacial score (nSPS) is 11.7. The van der Waals surface area contributed by atoms with Gasteiger partial charge in [0.25, 0.3) is 0 Å². The molecule has 0 atom stereocenters. The van der Waals surface area contributed by atoms with Crippen molar-refractivity contribution in [3.05, 3.63) is 51.6 Å². The smallest absolute Gasteiger partial charge is 0.195 e. The summed E-state index contributed by atoms with van der Waals surface area (Å²) in [6.07, 6.45) is 1.77. The molecule has 4 nitrogen and oxygen atoms in total. The fourth-order valence-electron chi connectivity index (χ4n) is 2.29. The molecule has 0 unspecified atom stereocenters. The second-order valence-electron chi connectivity index (χ2n) is 5.51. The topological polar surface area (TPSA) is 46.5 Å². The summed E-state index contributed by atoms with van der Waals surface area (Å²) >= 11 is 7.16. The van der Waals surface area contributed by atoms with Gasteiger partial charge in [0, 0.05) is 23.0 Å². The summed E-state index contributed by atoms with van der Waals surface area (Å²) < 4.78 is 2.65. The van der Waals surface area contributed by atoms with Crippen LogP contribution in [-0.2, 0) is 12.0 Å². The fraction of sp³-hybridized carbons (Fsp3) is 0.267. The van der Waals surface area contributed by atoms with Crippen LogP contribution in [-0.4, -0.2) is 19.7 Å². The number of hydrogen-bond acceptors (Lipinski definition) is 4. The van der Waals surface area contributed by atoms with Crippen molar-refractivity contribution in [3.63, 3.8) is 0 Å². The third kappa shape index (κ3) is 2.82. The number of rotatable bonds is 4. The number of aromatic nitrogens is 4. The number of H-pyrrole nitrogens is 1. The molecule has 6 heteroatoms. The minimum absolute atomic E-state index is 0.0141. The zero-order chi connectivity index (χ0) is 14.9. The lowest BCUT2D eigenvalue weighted by Gasteiger charge is -2.24. The van der Waals surface area contributed by atoms with Gasteiger partial charge in [-0.3, -0.25) is 14.6 Å². The predicted molar refractivity (Wildman–Crippen MR) is 88.0 cm³/mol. The molecule has 0 aliphatic rings. The number of nitrogens with one attached hydrogen (secondary N) is 1. The van der Waals surface area contributed by atoms with Gasteiger partial charge < -0.3 is 0 Å². The molecule has 3 heterocycles. The van der Waals surface area contributed by atoms with Crippen LogP contribution in [0.25, 0.3) is 11.5 Å². The third-order valence-electron chi connectivity index (χ3n) is 3.39. The van der Waals surface area contributed by atoms with Crippen molar-refractivity contribution in [3.8, 4) is 11.5 Å². The Morgan fingerprint density at radius 1 is 1.29 bits per heavy atom. The molecule has 0 aliphatic heterocycles. The van der Waals surface area contributed by atoms with Gasteiger partial charge in [0.15, 0.2) is 10.6 Å². The van der Waals surface area contributed by atoms with E-state index >= 15 is 0 Å². The van der Waals surface area contributed by atoms with Crippen LogP contribution in [0.1, 0.15) is 18.7 Å². The van der Waals surface area contributed by atoms with E-state index < -0.39 is 0 Å². The number of nitrogens with zero attached hydrogens (tertiary/aromatic N) is 3. The van der Waals surface area contributed by atoms with Gasteiger partial charge in [-0.1, -0.05) is 26.0 Å². The van der Waals surface area contributed by atoms with Gasteiger partial charge in [0.2, 0.25) is 0 Å². The van der Waals surface area contributed by atoms with Crippen molar-refractivity contribution in [2.45, 2.75) is 25.8 Å². The fourth-order valence-corrected chi connectivity index (χ4v) is 3.33. The van der Waals surface area contributed by atoms with Gasteiger partial charge >= 0.3 is 0 Å². The minimum atomic E-state index is -0.0141. The summed E-state index contributed by atoms with van der Waals surface area (Å²) in [4.78, 5) is 5.70. The molecule has 3 aromatic rings. The molecule has 0 saturated carbocycles. The molecule has 3 rings (SSSR count). The van der Waals surface area contributed by atoms with E-state index in [9.17, 15) is 0 Å². The Morgan fingerprint density at radius 3 is 2.81 bits per heavy atom. The average molecular weight is 316 g/mol. The third-order valence-corrected chi connectivity index (χ3v) is 4.94. The lowest BCUT2D eigenvalue weighted by molar-refractivity contribution is 0.441. The van der Waals surface area contributed by atoms with Crippen molar-refractivity contribution < 1.29 is 0 Å². The SMILES string of the molecule is CC(C)(Cn1c(-c2ccccn2)n[nH]c1=S)c1cccs1. The Kier molecular flexibility index (Phi) is 3.73. The molecule has 0 amide bonds. The van der Waals surface area contributed by atoms with E-state index in [0.717, 1.165) is 18.1 Å². The van der Waals surface area contributed by atoms with Crippen LogP contribution >= 0.6 is 23.6 Å². The van der Waals surface area contributed by atoms with Crippen molar-refractivity contribution in [1.29, 1.82) is 0 Å². The molecule has 21 heavy (non-hydrogen) atoms. The summed E-state index contributed by atoms with van der Waals surface area (Å²) in [6, 6.07) is 10.0. The van der Waals surface area contributed by atoms with E-state index in [-0.39, 0.29) is 5.41 Å². The Bertz CT molecular complexity index is 770. The first-order chi connectivity index (χ1) is 10.1. The maximum absolute atomic E-state index is 5.39. The van der Waals surface area contributed by atoms with Crippen molar-refractivity contribution in [2.24, 2.45) is 0 Å². The molecule has 0 fully saturated rings. The van der Waals surface area contributed by atoms with Gasteiger partial charge in [0.05, 0.1) is 0 Å². The zero-order valence-electron chi connectivity index (χ0n) is 11.9. The highest BCUT2D eigenvalue weighted by atomic mass is 32.1. The monoisotopic (exact) mass is 316 g/mol. The first kappa shape index (κ1) is 14.2. The average Bonchev–Trinajstić information content (AvgIpc) is 3.11. The first-order valence-corrected chi connectivity index (χ1v) is 7.97. The van der Waals surface area contributed by atoms with Crippen LogP contribution < -0.4 is 0 Å². The first-order valence-electron chi connectivity index (χ1n) is 6.68. The van der Waals surface area contributed by atoms with E-state index in [1.54, 1.807) is 17.5 Å². The standard InChI is InChI=1S/C15H16N4S2/c1-15(2,12-7-5-9-21-12)10-19-13(17-18-14(19)20)11-6-3-4-8-16-11/h3-9H,10H2,1-2H3,(H,18,20). The van der Waals surface area contributed by atoms with Crippen LogP contribution in [0.2, 0.25) is 0 Å². The van der Waals surface area contributed by atoms with Crippen LogP contribution in [0.5, 0.6) is 0 Å². The van der Waals surface area contributed by atoms with E-state index in [0.29, 0.717) is 4.77 Å². The van der Waals surface area contributed by atoms with Gasteiger partial charge in [-0.2, -0.15) is 5.10 Å². The summed E-state index contributed by atoms with van der Waals surface area (Å²) in [6.45, 7) is 5.19. The van der Waals surface area contributed by atoms with Gasteiger partial charge in [0.1, 0.15) is 5.69 Å². The van der Waals surface area contributed by atoms with E-state index in [1.807, 2.05) is 22.8 Å². The van der Waals surface area contributed by atoms with E-state index in [1.165, 1.54) is 4.88 Å². The summed E-state index contributed by atoms with van der Waals surface area (Å²) in [7, 11) is 0. The second kappa shape index (κ2) is 5.54. The number of pyridine rings is 1. The van der Waals surface area contributed by atoms with Crippen LogP contribution in [0.3, 0.4) is 0 Å². The Hall–Kier alpha value is -1.79. The highest BCUT2D eigenvalue weighted by Gasteiger charge is 2.24. The molecule has 1 N–H and O–H groups in total. The van der Waals surface area contributed by atoms with Crippen molar-refractivity contribution in [2.75, 3.05) is 0 Å². The number of thiophene rings is 1. The Labute approximate surface area is 132 Å². The maximum Gasteiger partial charge on any atom is 0.195 e. The minimum Gasteiger partial charge on any atom is -0.298 e. The van der Waals surface area contributed by atoms with Crippen LogP contribution in [0.15, 0.2) is 41.9 Å². The quantitative estimate of drug-likeness (QED) is 0.739. The van der Waals surface area contributed by atoms with Crippen molar-refractivity contribution >= 4 is 23.6 Å². The summed E-state index contributed by atoms with van der Waals surface area (Å²) in [5.41, 5.74) is 0.812. The maximum atomic E-state index is 5.39. The number of aromatic amines is 1. The summed E-state index contributed by atoms with van der Waals surface area (Å²) in [5.74, 6) is 0.783. The highest BCUT2D eigenvalue weighted by Crippen LogP contribution is 2.30. The molecule has 0 bridgehead atoms. The molecule has 0 radical (unpaired) electrons. The zero-order valence-corrected chi connectivity index (χ0v) is 13.5. The summed E-state index contributed by atoms with van der Waals surface area (Å²) in [5, 5.41) is 9.32. The molecule has 0 aliphatic carbocycles. The van der Waals surface area contributed by atoms with Gasteiger partial charge in [-0.25, -0.2) is 0 Å². The van der Waals surface area contributed by atoms with E-state index in [2.05, 4.69) is 46.5 Å². The molecule has 108 valence electrons. The van der Waals surface area contributed by atoms with Crippen molar-refractivity contribution in [1.82, 2.24) is 19.7 Å². The predicted octanol–water partition coefficient (Wildman–Crippen LogP) is 4.04. The van der Waals surface area contributed by atoms with Gasteiger partial charge in [-0.15, -0.1) is 11.3 Å². The van der Waals surface area contributed by atoms with Crippen LogP contribution in [0, 0.1) is 4.77 Å². The van der Waals surface area contributed by atoms with Gasteiger partial charge in [-0.05, 0) is 35.8 Å². The lowest BCUT2D eigenvalue weighted by atomic mass is 9.91. The lowest BCUT2D eigenvalue weighted by Crippen LogP contribution is -2.24. The molecule has 3 aromatic heterocycles. The molecule has 0 saturated heterocycles. The highest BCUT2D eigenvalue weighted by molar-refractivity contribution is 7.71.